The number of nitrogens with one attached hydrogen (secondary N) is 1. The molecule has 1 amide bonds. The molecular formula is C28H29Cl2N3O4S2. The summed E-state index contributed by atoms with van der Waals surface area (Å²) in [4.78, 5) is 47.3. The highest BCUT2D eigenvalue weighted by molar-refractivity contribution is 8.17. The van der Waals surface area contributed by atoms with Crippen molar-refractivity contribution < 1.29 is 19.5 Å². The van der Waals surface area contributed by atoms with E-state index in [0.717, 1.165) is 61.3 Å². The van der Waals surface area contributed by atoms with Gasteiger partial charge < -0.3 is 10.4 Å². The normalized spacial score (nSPS) is 22.9. The predicted octanol–water partition coefficient (Wildman–Crippen LogP) is 6.42. The number of ketones is 1. The lowest BCUT2D eigenvalue weighted by molar-refractivity contribution is -0.139. The van der Waals surface area contributed by atoms with E-state index in [-0.39, 0.29) is 38.3 Å². The number of carbonyl (C=O) groups excluding carboxylic acids is 2. The largest absolute Gasteiger partial charge is 0.480 e. The zero-order valence-electron chi connectivity index (χ0n) is 21.2. The van der Waals surface area contributed by atoms with Gasteiger partial charge in [0.05, 0.1) is 31.5 Å². The number of hydrogen-bond acceptors (Lipinski definition) is 7. The molecule has 1 aliphatic heterocycles. The number of anilines is 1. The van der Waals surface area contributed by atoms with Gasteiger partial charge in [-0.15, -0.1) is 23.5 Å². The maximum absolute atomic E-state index is 13.5. The van der Waals surface area contributed by atoms with Crippen molar-refractivity contribution in [2.75, 3.05) is 16.8 Å². The molecule has 0 radical (unpaired) electrons. The van der Waals surface area contributed by atoms with Crippen LogP contribution in [0, 0.1) is 11.3 Å². The second-order valence-electron chi connectivity index (χ2n) is 10.1. The number of hydrogen-bond donors (Lipinski definition) is 2. The van der Waals surface area contributed by atoms with E-state index in [0.29, 0.717) is 5.69 Å². The maximum atomic E-state index is 13.5. The van der Waals surface area contributed by atoms with Gasteiger partial charge in [0.25, 0.3) is 5.91 Å². The summed E-state index contributed by atoms with van der Waals surface area (Å²) in [5.74, 6) is 0.553. The van der Waals surface area contributed by atoms with Crippen LogP contribution in [0.1, 0.15) is 54.4 Å². The van der Waals surface area contributed by atoms with E-state index in [1.807, 2.05) is 23.5 Å². The van der Waals surface area contributed by atoms with Crippen LogP contribution in [0.3, 0.4) is 0 Å². The number of nitrogens with zero attached hydrogens (tertiary/aromatic N) is 2. The lowest BCUT2D eigenvalue weighted by atomic mass is 9.53. The lowest BCUT2D eigenvalue weighted by Crippen LogP contribution is -2.63. The highest BCUT2D eigenvalue weighted by Gasteiger charge is 2.61. The number of carbonyl (C=O) groups is 3. The first-order valence-electron chi connectivity index (χ1n) is 13.1. The number of carboxylic acid groups (broad SMARTS) is 1. The van der Waals surface area contributed by atoms with Crippen LogP contribution in [0.2, 0.25) is 10.0 Å². The Morgan fingerprint density at radius 3 is 2.31 bits per heavy atom. The molecule has 1 spiro atoms. The molecule has 3 fully saturated rings. The molecule has 206 valence electrons. The monoisotopic (exact) mass is 605 g/mol. The van der Waals surface area contributed by atoms with Gasteiger partial charge in [-0.1, -0.05) is 54.6 Å². The number of rotatable bonds is 7. The molecule has 2 saturated carbocycles. The molecule has 1 aromatic carbocycles. The summed E-state index contributed by atoms with van der Waals surface area (Å²) in [5.41, 5.74) is 1.67. The van der Waals surface area contributed by atoms with Crippen LogP contribution in [0.25, 0.3) is 0 Å². The lowest BCUT2D eigenvalue weighted by Gasteiger charge is -2.52. The molecule has 7 nitrogen and oxygen atoms in total. The first-order valence-corrected chi connectivity index (χ1v) is 15.9. The summed E-state index contributed by atoms with van der Waals surface area (Å²) in [5, 5.41) is 13.2. The van der Waals surface area contributed by atoms with Gasteiger partial charge in [0.1, 0.15) is 0 Å². The molecular weight excluding hydrogens is 577 g/mol. The molecule has 39 heavy (non-hydrogen) atoms. The van der Waals surface area contributed by atoms with E-state index in [4.69, 9.17) is 28.2 Å². The van der Waals surface area contributed by atoms with Crippen LogP contribution in [-0.4, -0.2) is 55.6 Å². The van der Waals surface area contributed by atoms with Crippen molar-refractivity contribution in [1.29, 1.82) is 0 Å². The Morgan fingerprint density at radius 1 is 1.05 bits per heavy atom. The summed E-state index contributed by atoms with van der Waals surface area (Å²) in [6, 6.07) is 5.97. The van der Waals surface area contributed by atoms with E-state index in [9.17, 15) is 19.5 Å². The second-order valence-corrected chi connectivity index (χ2v) is 13.8. The number of aromatic nitrogens is 1. The molecule has 2 atom stereocenters. The Bertz CT molecular complexity index is 1270. The number of carboxylic acids is 1. The number of halogens is 2. The smallest absolute Gasteiger partial charge is 0.328 e. The van der Waals surface area contributed by atoms with Gasteiger partial charge in [-0.3, -0.25) is 19.6 Å². The van der Waals surface area contributed by atoms with Crippen molar-refractivity contribution in [3.8, 4) is 0 Å². The molecule has 1 aromatic heterocycles. The van der Waals surface area contributed by atoms with Crippen molar-refractivity contribution in [2.24, 2.45) is 16.3 Å². The van der Waals surface area contributed by atoms with Gasteiger partial charge in [-0.2, -0.15) is 0 Å². The Balaban J connectivity index is 1.34. The van der Waals surface area contributed by atoms with Gasteiger partial charge >= 0.3 is 5.97 Å². The Kier molecular flexibility index (Phi) is 8.91. The number of amides is 1. The topological polar surface area (TPSA) is 109 Å². The van der Waals surface area contributed by atoms with Crippen molar-refractivity contribution in [2.45, 2.75) is 55.6 Å². The average molecular weight is 607 g/mol. The fourth-order valence-electron chi connectivity index (χ4n) is 5.71. The molecule has 2 unspecified atom stereocenters. The van der Waals surface area contributed by atoms with Gasteiger partial charge in [-0.05, 0) is 48.5 Å². The average Bonchev–Trinajstić information content (AvgIpc) is 2.94. The predicted molar refractivity (Wildman–Crippen MR) is 159 cm³/mol. The van der Waals surface area contributed by atoms with E-state index >= 15 is 0 Å². The van der Waals surface area contributed by atoms with Gasteiger partial charge in [0, 0.05) is 30.2 Å². The number of pyridine rings is 1. The minimum Gasteiger partial charge on any atom is -0.480 e. The third-order valence-electron chi connectivity index (χ3n) is 7.67. The molecule has 2 N–H and O–H groups in total. The summed E-state index contributed by atoms with van der Waals surface area (Å²) >= 11 is 15.8. The van der Waals surface area contributed by atoms with Crippen LogP contribution < -0.4 is 5.32 Å². The van der Waals surface area contributed by atoms with Gasteiger partial charge in [-0.25, -0.2) is 4.79 Å². The molecule has 1 saturated heterocycles. The third-order valence-corrected chi connectivity index (χ3v) is 11.3. The van der Waals surface area contributed by atoms with Crippen molar-refractivity contribution in [3.05, 3.63) is 57.8 Å². The zero-order chi connectivity index (χ0) is 27.6. The highest BCUT2D eigenvalue weighted by Crippen LogP contribution is 2.55. The minimum atomic E-state index is -1.00. The fraction of sp³-hybridized carbons (Fsp3) is 0.464. The molecule has 2 aromatic rings. The van der Waals surface area contributed by atoms with Crippen molar-refractivity contribution in [1.82, 2.24) is 4.98 Å². The van der Waals surface area contributed by atoms with E-state index < -0.39 is 23.3 Å². The quantitative estimate of drug-likeness (QED) is 0.374. The standard InChI is InChI=1S/C28H29Cl2N3O4S2/c29-18-14-31-15-19(30)21(18)25(35)32-17-7-5-16(6-8-17)13-20(26(36)37)33-23-22(27-38-11-4-12-39-27)24(34)28(23)9-2-1-3-10-28/h5-8,14-15,20,22,27H,1-4,9-13H2,(H,32,35)(H,36,37). The second kappa shape index (κ2) is 12.2. The molecule has 2 heterocycles. The molecule has 5 rings (SSSR count). The summed E-state index contributed by atoms with van der Waals surface area (Å²) < 4.78 is 0.122. The number of benzene rings is 1. The Morgan fingerprint density at radius 2 is 1.69 bits per heavy atom. The summed E-state index contributed by atoms with van der Waals surface area (Å²) in [7, 11) is 0. The van der Waals surface area contributed by atoms with Gasteiger partial charge in [0.2, 0.25) is 0 Å². The molecule has 2 aliphatic carbocycles. The molecule has 0 bridgehead atoms. The van der Waals surface area contributed by atoms with Crippen molar-refractivity contribution in [3.63, 3.8) is 0 Å². The minimum absolute atomic E-state index is 0.122. The first-order chi connectivity index (χ1) is 18.8. The first kappa shape index (κ1) is 28.5. The number of thioether (sulfide) groups is 2. The number of Topliss-reactive ketones (excluding diaryl/α,β-unsaturated/α-hetero) is 1. The molecule has 11 heteroatoms. The maximum Gasteiger partial charge on any atom is 0.328 e. The number of aliphatic imine (C=N–C) groups is 1. The van der Waals surface area contributed by atoms with Crippen LogP contribution in [-0.2, 0) is 16.0 Å². The van der Waals surface area contributed by atoms with Crippen LogP contribution in [0.4, 0.5) is 5.69 Å². The van der Waals surface area contributed by atoms with Crippen LogP contribution >= 0.6 is 46.7 Å². The van der Waals surface area contributed by atoms with Crippen LogP contribution in [0.5, 0.6) is 0 Å². The van der Waals surface area contributed by atoms with E-state index in [1.165, 1.54) is 12.4 Å². The van der Waals surface area contributed by atoms with Crippen molar-refractivity contribution >= 4 is 75.8 Å². The summed E-state index contributed by atoms with van der Waals surface area (Å²) in [6.45, 7) is 0. The Hall–Kier alpha value is -2.07. The SMILES string of the molecule is O=C(Nc1ccc(CC(N=C2C(C3SCCCS3)C(=O)C23CCCCC3)C(=O)O)cc1)c1c(Cl)cncc1Cl. The fourth-order valence-corrected chi connectivity index (χ4v) is 9.36. The van der Waals surface area contributed by atoms with E-state index in [2.05, 4.69) is 10.3 Å². The third kappa shape index (κ3) is 5.87. The van der Waals surface area contributed by atoms with Crippen LogP contribution in [0.15, 0.2) is 41.7 Å². The zero-order valence-corrected chi connectivity index (χ0v) is 24.3. The molecule has 3 aliphatic rings. The Labute approximate surface area is 245 Å². The highest BCUT2D eigenvalue weighted by atomic mass is 35.5. The summed E-state index contributed by atoms with van der Waals surface area (Å²) in [6.07, 6.45) is 8.62. The number of aliphatic carboxylic acids is 1. The van der Waals surface area contributed by atoms with Gasteiger partial charge in [0.15, 0.2) is 11.8 Å². The van der Waals surface area contributed by atoms with E-state index in [1.54, 1.807) is 24.3 Å².